The molecule has 0 aromatic heterocycles. The normalized spacial score (nSPS) is 21.8. The van der Waals surface area contributed by atoms with Gasteiger partial charge >= 0.3 is 0 Å². The number of aliphatic hydroxyl groups excluding tert-OH is 1. The first-order chi connectivity index (χ1) is 8.99. The molecular formula is C15H23FN2O. The monoisotopic (exact) mass is 266 g/mol. The summed E-state index contributed by atoms with van der Waals surface area (Å²) in [5.74, 6) is -0.291. The minimum atomic E-state index is -0.648. The highest BCUT2D eigenvalue weighted by Gasteiger charge is 2.24. The Balaban J connectivity index is 2.25. The van der Waals surface area contributed by atoms with E-state index in [1.807, 2.05) is 0 Å². The van der Waals surface area contributed by atoms with E-state index in [2.05, 4.69) is 23.9 Å². The lowest BCUT2D eigenvalue weighted by Crippen LogP contribution is -2.45. The van der Waals surface area contributed by atoms with Gasteiger partial charge < -0.3 is 14.9 Å². The predicted octanol–water partition coefficient (Wildman–Crippen LogP) is 2.41. The van der Waals surface area contributed by atoms with E-state index in [0.29, 0.717) is 11.6 Å². The summed E-state index contributed by atoms with van der Waals surface area (Å²) in [6.07, 6.45) is 1.67. The van der Waals surface area contributed by atoms with Crippen LogP contribution in [0.4, 0.5) is 10.1 Å². The van der Waals surface area contributed by atoms with E-state index in [-0.39, 0.29) is 5.82 Å². The van der Waals surface area contributed by atoms with Gasteiger partial charge in [-0.15, -0.1) is 0 Å². The molecule has 0 saturated carbocycles. The summed E-state index contributed by atoms with van der Waals surface area (Å²) < 4.78 is 13.3. The second kappa shape index (κ2) is 5.88. The quantitative estimate of drug-likeness (QED) is 0.910. The Morgan fingerprint density at radius 3 is 2.79 bits per heavy atom. The molecule has 1 N–H and O–H groups in total. The fourth-order valence-electron chi connectivity index (χ4n) is 2.74. The maximum absolute atomic E-state index is 13.3. The van der Waals surface area contributed by atoms with Crippen molar-refractivity contribution in [1.29, 1.82) is 0 Å². The molecule has 2 rings (SSSR count). The molecule has 0 radical (unpaired) electrons. The Labute approximate surface area is 114 Å². The number of likely N-dealkylation sites (N-methyl/N-ethyl adjacent to an activating group) is 1. The average molecular weight is 266 g/mol. The molecule has 1 aromatic rings. The summed E-state index contributed by atoms with van der Waals surface area (Å²) in [5.41, 5.74) is 1.64. The van der Waals surface area contributed by atoms with Gasteiger partial charge in [0.05, 0.1) is 6.10 Å². The molecule has 1 saturated heterocycles. The van der Waals surface area contributed by atoms with Gasteiger partial charge in [-0.05, 0) is 52.1 Å². The van der Waals surface area contributed by atoms with Crippen LogP contribution >= 0.6 is 0 Å². The number of nitrogens with zero attached hydrogens (tertiary/aromatic N) is 2. The predicted molar refractivity (Wildman–Crippen MR) is 76.0 cm³/mol. The topological polar surface area (TPSA) is 26.7 Å². The molecule has 1 aliphatic rings. The molecule has 2 atom stereocenters. The Morgan fingerprint density at radius 2 is 2.16 bits per heavy atom. The van der Waals surface area contributed by atoms with Crippen LogP contribution in [0.2, 0.25) is 0 Å². The molecule has 3 nitrogen and oxygen atoms in total. The maximum Gasteiger partial charge on any atom is 0.123 e. The first-order valence-corrected chi connectivity index (χ1v) is 6.88. The Hall–Kier alpha value is -1.13. The summed E-state index contributed by atoms with van der Waals surface area (Å²) in [5, 5.41) is 9.83. The van der Waals surface area contributed by atoms with Gasteiger partial charge in [0.25, 0.3) is 0 Å². The van der Waals surface area contributed by atoms with Gasteiger partial charge in [0, 0.05) is 30.4 Å². The van der Waals surface area contributed by atoms with E-state index < -0.39 is 6.10 Å². The Bertz CT molecular complexity index is 434. The van der Waals surface area contributed by atoms with E-state index in [0.717, 1.165) is 25.2 Å². The minimum absolute atomic E-state index is 0.291. The van der Waals surface area contributed by atoms with Crippen LogP contribution in [0.3, 0.4) is 0 Å². The lowest BCUT2D eigenvalue weighted by molar-refractivity contribution is 0.198. The van der Waals surface area contributed by atoms with Gasteiger partial charge in [0.15, 0.2) is 0 Å². The maximum atomic E-state index is 13.3. The van der Waals surface area contributed by atoms with Crippen molar-refractivity contribution in [3.05, 3.63) is 29.6 Å². The zero-order chi connectivity index (χ0) is 14.0. The van der Waals surface area contributed by atoms with Crippen LogP contribution in [0.5, 0.6) is 0 Å². The van der Waals surface area contributed by atoms with Crippen molar-refractivity contribution in [3.8, 4) is 0 Å². The number of anilines is 1. The van der Waals surface area contributed by atoms with E-state index in [4.69, 9.17) is 0 Å². The third-order valence-corrected chi connectivity index (χ3v) is 3.91. The van der Waals surface area contributed by atoms with Crippen LogP contribution in [0.1, 0.15) is 31.4 Å². The van der Waals surface area contributed by atoms with Crippen LogP contribution in [-0.4, -0.2) is 43.2 Å². The molecule has 0 amide bonds. The summed E-state index contributed by atoms with van der Waals surface area (Å²) >= 11 is 0. The number of aliphatic hydroxyl groups is 1. The lowest BCUT2D eigenvalue weighted by atomic mass is 10.0. The van der Waals surface area contributed by atoms with Gasteiger partial charge in [0.2, 0.25) is 0 Å². The second-order valence-electron chi connectivity index (χ2n) is 5.58. The number of hydrogen-bond acceptors (Lipinski definition) is 3. The second-order valence-corrected chi connectivity index (χ2v) is 5.58. The number of rotatable bonds is 3. The van der Waals surface area contributed by atoms with E-state index in [1.54, 1.807) is 13.0 Å². The number of hydrogen-bond donors (Lipinski definition) is 1. The van der Waals surface area contributed by atoms with Crippen LogP contribution < -0.4 is 4.90 Å². The molecule has 1 aliphatic heterocycles. The van der Waals surface area contributed by atoms with Crippen molar-refractivity contribution in [1.82, 2.24) is 4.90 Å². The molecule has 0 spiro atoms. The van der Waals surface area contributed by atoms with E-state index in [9.17, 15) is 9.50 Å². The van der Waals surface area contributed by atoms with Crippen LogP contribution in [-0.2, 0) is 0 Å². The van der Waals surface area contributed by atoms with Crippen molar-refractivity contribution >= 4 is 5.69 Å². The average Bonchev–Trinajstić information content (AvgIpc) is 2.38. The van der Waals surface area contributed by atoms with Gasteiger partial charge in [-0.2, -0.15) is 0 Å². The highest BCUT2D eigenvalue weighted by molar-refractivity contribution is 5.55. The summed E-state index contributed by atoms with van der Waals surface area (Å²) in [6, 6.07) is 5.22. The molecule has 4 heteroatoms. The zero-order valence-electron chi connectivity index (χ0n) is 11.9. The van der Waals surface area contributed by atoms with Crippen molar-refractivity contribution in [2.75, 3.05) is 32.1 Å². The molecule has 1 aromatic carbocycles. The van der Waals surface area contributed by atoms with Crippen molar-refractivity contribution in [3.63, 3.8) is 0 Å². The van der Waals surface area contributed by atoms with Gasteiger partial charge in [0.1, 0.15) is 5.82 Å². The molecule has 0 aliphatic carbocycles. The van der Waals surface area contributed by atoms with Crippen molar-refractivity contribution in [2.24, 2.45) is 0 Å². The SMILES string of the molecule is CC(O)c1cc(F)ccc1N1CCCC(N(C)C)C1. The molecular weight excluding hydrogens is 243 g/mol. The third-order valence-electron chi connectivity index (χ3n) is 3.91. The van der Waals surface area contributed by atoms with Gasteiger partial charge in [-0.25, -0.2) is 4.39 Å². The zero-order valence-corrected chi connectivity index (χ0v) is 11.9. The third kappa shape index (κ3) is 3.25. The standard InChI is InChI=1S/C15H23FN2O/c1-11(19)14-9-12(16)6-7-15(14)18-8-4-5-13(10-18)17(2)3/h6-7,9,11,13,19H,4-5,8,10H2,1-3H3. The van der Waals surface area contributed by atoms with Gasteiger partial charge in [-0.1, -0.05) is 0 Å². The Morgan fingerprint density at radius 1 is 1.42 bits per heavy atom. The number of halogens is 1. The molecule has 1 fully saturated rings. The molecule has 0 bridgehead atoms. The Kier molecular flexibility index (Phi) is 4.42. The number of benzene rings is 1. The van der Waals surface area contributed by atoms with Crippen molar-refractivity contribution in [2.45, 2.75) is 31.9 Å². The number of piperidine rings is 1. The largest absolute Gasteiger partial charge is 0.389 e. The highest BCUT2D eigenvalue weighted by atomic mass is 19.1. The van der Waals surface area contributed by atoms with Crippen LogP contribution in [0, 0.1) is 5.82 Å². The smallest absolute Gasteiger partial charge is 0.123 e. The molecule has 2 unspecified atom stereocenters. The van der Waals surface area contributed by atoms with Gasteiger partial charge in [-0.3, -0.25) is 0 Å². The van der Waals surface area contributed by atoms with Crippen molar-refractivity contribution < 1.29 is 9.50 Å². The van der Waals surface area contributed by atoms with Crippen LogP contribution in [0.15, 0.2) is 18.2 Å². The fraction of sp³-hybridized carbons (Fsp3) is 0.600. The summed E-state index contributed by atoms with van der Waals surface area (Å²) in [6.45, 7) is 3.58. The highest BCUT2D eigenvalue weighted by Crippen LogP contribution is 2.30. The van der Waals surface area contributed by atoms with Crippen LogP contribution in [0.25, 0.3) is 0 Å². The summed E-state index contributed by atoms with van der Waals surface area (Å²) in [7, 11) is 4.18. The summed E-state index contributed by atoms with van der Waals surface area (Å²) in [4.78, 5) is 4.49. The lowest BCUT2D eigenvalue weighted by Gasteiger charge is -2.38. The first kappa shape index (κ1) is 14.3. The van der Waals surface area contributed by atoms with E-state index >= 15 is 0 Å². The first-order valence-electron chi connectivity index (χ1n) is 6.88. The molecule has 1 heterocycles. The van der Waals surface area contributed by atoms with E-state index in [1.165, 1.54) is 18.6 Å². The minimum Gasteiger partial charge on any atom is -0.389 e. The molecule has 106 valence electrons. The fourth-order valence-corrected chi connectivity index (χ4v) is 2.74. The molecule has 19 heavy (non-hydrogen) atoms.